The molecule has 0 saturated carbocycles. The Balaban J connectivity index is 1.76. The minimum atomic E-state index is -0.439. The molecule has 0 aromatic heterocycles. The summed E-state index contributed by atoms with van der Waals surface area (Å²) < 4.78 is 25.5. The second-order valence-corrected chi connectivity index (χ2v) is 4.80. The molecule has 0 spiro atoms. The van der Waals surface area contributed by atoms with Crippen LogP contribution in [0.2, 0.25) is 0 Å². The molecule has 0 radical (unpaired) electrons. The quantitative estimate of drug-likeness (QED) is 0.600. The van der Waals surface area contributed by atoms with E-state index >= 15 is 0 Å². The predicted octanol–water partition coefficient (Wildman–Crippen LogP) is 2.27. The van der Waals surface area contributed by atoms with Crippen LogP contribution >= 0.6 is 12.2 Å². The first-order chi connectivity index (χ1) is 10.5. The SMILES string of the molecule is O=C(NNC(=S)NCc1ccc(F)cc1)c1ccc(F)cc1. The minimum Gasteiger partial charge on any atom is -0.357 e. The Morgan fingerprint density at radius 3 is 2.05 bits per heavy atom. The molecular formula is C15H13F2N3OS. The van der Waals surface area contributed by atoms with E-state index in [1.807, 2.05) is 0 Å². The standard InChI is InChI=1S/C15H13F2N3OS/c16-12-5-1-10(2-6-12)9-18-15(22)20-19-14(21)11-3-7-13(17)8-4-11/h1-8H,9H2,(H,19,21)(H2,18,20,22). The fourth-order valence-electron chi connectivity index (χ4n) is 1.62. The maximum atomic E-state index is 12.8. The lowest BCUT2D eigenvalue weighted by Crippen LogP contribution is -2.46. The largest absolute Gasteiger partial charge is 0.357 e. The van der Waals surface area contributed by atoms with E-state index in [0.29, 0.717) is 12.1 Å². The van der Waals surface area contributed by atoms with Gasteiger partial charge in [0.2, 0.25) is 0 Å². The van der Waals surface area contributed by atoms with Crippen molar-refractivity contribution >= 4 is 23.2 Å². The molecular weight excluding hydrogens is 308 g/mol. The zero-order valence-corrected chi connectivity index (χ0v) is 12.2. The van der Waals surface area contributed by atoms with Crippen LogP contribution in [0.5, 0.6) is 0 Å². The number of nitrogens with one attached hydrogen (secondary N) is 3. The number of rotatable bonds is 3. The van der Waals surface area contributed by atoms with Crippen LogP contribution in [0.3, 0.4) is 0 Å². The monoisotopic (exact) mass is 321 g/mol. The van der Waals surface area contributed by atoms with Crippen LogP contribution in [0.4, 0.5) is 8.78 Å². The molecule has 0 aliphatic rings. The summed E-state index contributed by atoms with van der Waals surface area (Å²) in [6.07, 6.45) is 0. The Bertz CT molecular complexity index is 659. The summed E-state index contributed by atoms with van der Waals surface area (Å²) in [5, 5.41) is 3.07. The molecule has 2 aromatic carbocycles. The van der Waals surface area contributed by atoms with E-state index < -0.39 is 11.7 Å². The summed E-state index contributed by atoms with van der Waals surface area (Å²) in [6.45, 7) is 0.387. The number of hydrogen-bond donors (Lipinski definition) is 3. The molecule has 0 atom stereocenters. The minimum absolute atomic E-state index is 0.208. The fourth-order valence-corrected chi connectivity index (χ4v) is 1.74. The van der Waals surface area contributed by atoms with Gasteiger partial charge in [-0.1, -0.05) is 12.1 Å². The molecule has 0 aliphatic carbocycles. The zero-order chi connectivity index (χ0) is 15.9. The smallest absolute Gasteiger partial charge is 0.269 e. The third-order valence-electron chi connectivity index (χ3n) is 2.76. The van der Waals surface area contributed by atoms with E-state index in [9.17, 15) is 13.6 Å². The molecule has 0 saturated heterocycles. The number of thiocarbonyl (C=S) groups is 1. The highest BCUT2D eigenvalue weighted by Gasteiger charge is 2.05. The van der Waals surface area contributed by atoms with Gasteiger partial charge in [-0.15, -0.1) is 0 Å². The van der Waals surface area contributed by atoms with Crippen molar-refractivity contribution in [1.82, 2.24) is 16.2 Å². The molecule has 0 heterocycles. The van der Waals surface area contributed by atoms with Gasteiger partial charge in [-0.3, -0.25) is 15.6 Å². The van der Waals surface area contributed by atoms with Crippen LogP contribution in [0.15, 0.2) is 48.5 Å². The van der Waals surface area contributed by atoms with E-state index in [-0.39, 0.29) is 10.9 Å². The van der Waals surface area contributed by atoms with Gasteiger partial charge in [-0.25, -0.2) is 8.78 Å². The van der Waals surface area contributed by atoms with Crippen molar-refractivity contribution in [2.75, 3.05) is 0 Å². The van der Waals surface area contributed by atoms with E-state index in [2.05, 4.69) is 16.2 Å². The zero-order valence-electron chi connectivity index (χ0n) is 11.4. The van der Waals surface area contributed by atoms with Gasteiger partial charge in [0.1, 0.15) is 11.6 Å². The van der Waals surface area contributed by atoms with Gasteiger partial charge < -0.3 is 5.32 Å². The number of hydrogen-bond acceptors (Lipinski definition) is 2. The van der Waals surface area contributed by atoms with Gasteiger partial charge in [-0.2, -0.15) is 0 Å². The Labute approximate surface area is 131 Å². The van der Waals surface area contributed by atoms with Gasteiger partial charge in [0.05, 0.1) is 0 Å². The molecule has 0 fully saturated rings. The summed E-state index contributed by atoms with van der Waals surface area (Å²) in [5.74, 6) is -1.16. The Hall–Kier alpha value is -2.54. The van der Waals surface area contributed by atoms with Crippen molar-refractivity contribution in [2.45, 2.75) is 6.54 Å². The number of hydrazine groups is 1. The number of halogens is 2. The number of carbonyl (C=O) groups is 1. The van der Waals surface area contributed by atoms with Crippen molar-refractivity contribution in [2.24, 2.45) is 0 Å². The van der Waals surface area contributed by atoms with Crippen molar-refractivity contribution in [3.8, 4) is 0 Å². The maximum Gasteiger partial charge on any atom is 0.269 e. The van der Waals surface area contributed by atoms with Crippen LogP contribution < -0.4 is 16.2 Å². The molecule has 2 rings (SSSR count). The number of benzene rings is 2. The van der Waals surface area contributed by atoms with Crippen molar-refractivity contribution in [1.29, 1.82) is 0 Å². The second kappa shape index (κ2) is 7.46. The Kier molecular flexibility index (Phi) is 5.37. The molecule has 2 aromatic rings. The summed E-state index contributed by atoms with van der Waals surface area (Å²) in [4.78, 5) is 11.7. The van der Waals surface area contributed by atoms with Gasteiger partial charge >= 0.3 is 0 Å². The lowest BCUT2D eigenvalue weighted by molar-refractivity contribution is 0.0943. The molecule has 7 heteroatoms. The lowest BCUT2D eigenvalue weighted by Gasteiger charge is -2.11. The van der Waals surface area contributed by atoms with Gasteiger partial charge in [0.25, 0.3) is 5.91 Å². The van der Waals surface area contributed by atoms with E-state index in [4.69, 9.17) is 12.2 Å². The number of carbonyl (C=O) groups excluding carboxylic acids is 1. The van der Waals surface area contributed by atoms with Gasteiger partial charge in [-0.05, 0) is 54.2 Å². The summed E-state index contributed by atoms with van der Waals surface area (Å²) in [5.41, 5.74) is 6.06. The van der Waals surface area contributed by atoms with Crippen LogP contribution in [-0.4, -0.2) is 11.0 Å². The van der Waals surface area contributed by atoms with E-state index in [1.54, 1.807) is 12.1 Å². The highest BCUT2D eigenvalue weighted by molar-refractivity contribution is 7.80. The average Bonchev–Trinajstić information content (AvgIpc) is 2.52. The average molecular weight is 321 g/mol. The van der Waals surface area contributed by atoms with Crippen molar-refractivity contribution in [3.05, 3.63) is 71.3 Å². The number of amides is 1. The first-order valence-electron chi connectivity index (χ1n) is 6.39. The van der Waals surface area contributed by atoms with Crippen LogP contribution in [0.25, 0.3) is 0 Å². The molecule has 4 nitrogen and oxygen atoms in total. The van der Waals surface area contributed by atoms with Crippen LogP contribution in [-0.2, 0) is 6.54 Å². The Morgan fingerprint density at radius 2 is 1.45 bits per heavy atom. The molecule has 0 unspecified atom stereocenters. The topological polar surface area (TPSA) is 53.2 Å². The molecule has 0 bridgehead atoms. The lowest BCUT2D eigenvalue weighted by atomic mass is 10.2. The van der Waals surface area contributed by atoms with Gasteiger partial charge in [0.15, 0.2) is 5.11 Å². The second-order valence-electron chi connectivity index (χ2n) is 4.40. The first-order valence-corrected chi connectivity index (χ1v) is 6.79. The third-order valence-corrected chi connectivity index (χ3v) is 3.01. The molecule has 0 aliphatic heterocycles. The van der Waals surface area contributed by atoms with E-state index in [1.165, 1.54) is 36.4 Å². The Morgan fingerprint density at radius 1 is 0.909 bits per heavy atom. The van der Waals surface area contributed by atoms with Gasteiger partial charge in [0, 0.05) is 12.1 Å². The highest BCUT2D eigenvalue weighted by Crippen LogP contribution is 2.02. The molecule has 114 valence electrons. The molecule has 22 heavy (non-hydrogen) atoms. The summed E-state index contributed by atoms with van der Waals surface area (Å²) >= 11 is 5.00. The molecule has 3 N–H and O–H groups in total. The molecule has 1 amide bonds. The van der Waals surface area contributed by atoms with E-state index in [0.717, 1.165) is 5.56 Å². The van der Waals surface area contributed by atoms with Crippen LogP contribution in [0, 0.1) is 11.6 Å². The van der Waals surface area contributed by atoms with Crippen LogP contribution in [0.1, 0.15) is 15.9 Å². The predicted molar refractivity (Wildman–Crippen MR) is 82.8 cm³/mol. The maximum absolute atomic E-state index is 12.8. The summed E-state index contributed by atoms with van der Waals surface area (Å²) in [6, 6.07) is 11.1. The fraction of sp³-hybridized carbons (Fsp3) is 0.0667. The third kappa shape index (κ3) is 4.78. The highest BCUT2D eigenvalue weighted by atomic mass is 32.1. The van der Waals surface area contributed by atoms with Crippen molar-refractivity contribution in [3.63, 3.8) is 0 Å². The summed E-state index contributed by atoms with van der Waals surface area (Å²) in [7, 11) is 0. The normalized spacial score (nSPS) is 9.91. The van der Waals surface area contributed by atoms with Crippen molar-refractivity contribution < 1.29 is 13.6 Å². The first kappa shape index (κ1) is 15.8.